The maximum absolute atomic E-state index is 12.3. The fourth-order valence-corrected chi connectivity index (χ4v) is 5.83. The van der Waals surface area contributed by atoms with E-state index in [1.165, 1.54) is 25.1 Å². The Balaban J connectivity index is 0.00000306. The lowest BCUT2D eigenvalue weighted by Crippen LogP contribution is -2.55. The largest absolute Gasteiger partial charge is 0.355 e. The van der Waals surface area contributed by atoms with Crippen molar-refractivity contribution < 1.29 is 4.79 Å². The van der Waals surface area contributed by atoms with E-state index in [0.29, 0.717) is 12.5 Å². The van der Waals surface area contributed by atoms with Crippen molar-refractivity contribution in [3.05, 3.63) is 35.9 Å². The maximum atomic E-state index is 12.3. The molecule has 1 aromatic carbocycles. The zero-order valence-electron chi connectivity index (χ0n) is 21.6. The summed E-state index contributed by atoms with van der Waals surface area (Å²) in [6.45, 7) is 14.3. The average Bonchev–Trinajstić information content (AvgIpc) is 2.82. The van der Waals surface area contributed by atoms with Gasteiger partial charge in [-0.2, -0.15) is 0 Å². The number of benzene rings is 1. The number of rotatable bonds is 10. The number of hydrogen-bond donors (Lipinski definition) is 2. The number of halogens is 4. The van der Waals surface area contributed by atoms with Crippen molar-refractivity contribution in [1.29, 1.82) is 0 Å². The van der Waals surface area contributed by atoms with E-state index in [0.717, 1.165) is 83.6 Å². The molecule has 6 nitrogen and oxygen atoms in total. The molecule has 36 heavy (non-hydrogen) atoms. The molecule has 4 rings (SSSR count). The molecule has 210 valence electrons. The molecule has 0 aliphatic carbocycles. The summed E-state index contributed by atoms with van der Waals surface area (Å²) < 4.78 is 0. The molecule has 2 N–H and O–H groups in total. The molecule has 0 aromatic heterocycles. The number of likely N-dealkylation sites (tertiary alicyclic amines) is 1. The summed E-state index contributed by atoms with van der Waals surface area (Å²) in [4.78, 5) is 19.9. The molecular formula is C26H47Cl4N5O. The van der Waals surface area contributed by atoms with E-state index in [1.54, 1.807) is 0 Å². The minimum absolute atomic E-state index is 0. The highest BCUT2D eigenvalue weighted by molar-refractivity contribution is 5.86. The first kappa shape index (κ1) is 35.7. The summed E-state index contributed by atoms with van der Waals surface area (Å²) in [6, 6.07) is 11.4. The molecule has 3 atom stereocenters. The number of likely N-dealkylation sites (N-methyl/N-ethyl adjacent to an activating group) is 1. The van der Waals surface area contributed by atoms with Crippen molar-refractivity contribution in [3.63, 3.8) is 0 Å². The van der Waals surface area contributed by atoms with Gasteiger partial charge < -0.3 is 15.5 Å². The summed E-state index contributed by atoms with van der Waals surface area (Å²) in [5.41, 5.74) is 1.42. The van der Waals surface area contributed by atoms with Crippen LogP contribution in [0.5, 0.6) is 0 Å². The van der Waals surface area contributed by atoms with Gasteiger partial charge in [-0.15, -0.1) is 49.6 Å². The Labute approximate surface area is 243 Å². The molecule has 3 fully saturated rings. The molecule has 1 aromatic rings. The standard InChI is InChI=1S/C26H43N5O.4ClH/c1-2-29-13-15-30(16-14-29)12-11-27-26(32)10-6-9-25-24-17-23(18-28-25)20-31(21-24)19-22-7-4-3-5-8-22;;;;/h3-5,7-8,23-25,28H,2,6,9-21H2,1H3,(H,27,32);4*1H/t23?,24?,25-;;;;/m1..../s1. The number of piperidine rings is 2. The van der Waals surface area contributed by atoms with Gasteiger partial charge >= 0.3 is 0 Å². The molecule has 0 radical (unpaired) electrons. The van der Waals surface area contributed by atoms with Gasteiger partial charge in [0.1, 0.15) is 0 Å². The number of nitrogens with zero attached hydrogens (tertiary/aromatic N) is 3. The smallest absolute Gasteiger partial charge is 0.220 e. The number of amides is 1. The molecule has 0 spiro atoms. The fraction of sp³-hybridized carbons (Fsp3) is 0.731. The van der Waals surface area contributed by atoms with Crippen LogP contribution in [0.2, 0.25) is 0 Å². The highest BCUT2D eigenvalue weighted by atomic mass is 35.5. The van der Waals surface area contributed by atoms with Gasteiger partial charge in [0.2, 0.25) is 5.91 Å². The van der Waals surface area contributed by atoms with Gasteiger partial charge in [0, 0.05) is 71.4 Å². The molecule has 3 aliphatic heterocycles. The number of piperazine rings is 1. The van der Waals surface area contributed by atoms with Crippen molar-refractivity contribution in [2.75, 3.05) is 65.4 Å². The van der Waals surface area contributed by atoms with Gasteiger partial charge in [-0.1, -0.05) is 37.3 Å². The molecule has 0 saturated carbocycles. The van der Waals surface area contributed by atoms with Crippen LogP contribution in [0.25, 0.3) is 0 Å². The normalized spacial score (nSPS) is 24.3. The van der Waals surface area contributed by atoms with Crippen molar-refractivity contribution in [2.45, 2.75) is 45.2 Å². The van der Waals surface area contributed by atoms with Crippen LogP contribution in [0.15, 0.2) is 30.3 Å². The Morgan fingerprint density at radius 2 is 1.67 bits per heavy atom. The first-order valence-corrected chi connectivity index (χ1v) is 12.9. The molecule has 2 unspecified atom stereocenters. The zero-order valence-corrected chi connectivity index (χ0v) is 24.9. The Kier molecular flexibility index (Phi) is 18.7. The highest BCUT2D eigenvalue weighted by Gasteiger charge is 2.36. The van der Waals surface area contributed by atoms with Crippen molar-refractivity contribution in [1.82, 2.24) is 25.3 Å². The first-order chi connectivity index (χ1) is 15.7. The van der Waals surface area contributed by atoms with Gasteiger partial charge in [-0.05, 0) is 49.8 Å². The van der Waals surface area contributed by atoms with E-state index in [4.69, 9.17) is 0 Å². The second-order valence-corrected chi connectivity index (χ2v) is 10.1. The lowest BCUT2D eigenvalue weighted by molar-refractivity contribution is -0.121. The Morgan fingerprint density at radius 3 is 2.36 bits per heavy atom. The Hall–Kier alpha value is -0.310. The summed E-state index contributed by atoms with van der Waals surface area (Å²) in [5.74, 6) is 1.72. The number of carbonyl (C=O) groups excluding carboxylic acids is 1. The lowest BCUT2D eigenvalue weighted by Gasteiger charge is -2.46. The third-order valence-electron chi connectivity index (χ3n) is 7.71. The topological polar surface area (TPSA) is 50.9 Å². The summed E-state index contributed by atoms with van der Waals surface area (Å²) >= 11 is 0. The molecule has 1 amide bonds. The maximum Gasteiger partial charge on any atom is 0.220 e. The Morgan fingerprint density at radius 1 is 0.972 bits per heavy atom. The van der Waals surface area contributed by atoms with Crippen LogP contribution in [0.3, 0.4) is 0 Å². The van der Waals surface area contributed by atoms with E-state index in [9.17, 15) is 4.79 Å². The van der Waals surface area contributed by atoms with Crippen LogP contribution in [0, 0.1) is 11.8 Å². The van der Waals surface area contributed by atoms with E-state index < -0.39 is 0 Å². The number of hydrogen-bond acceptors (Lipinski definition) is 5. The van der Waals surface area contributed by atoms with E-state index in [1.807, 2.05) is 0 Å². The molecule has 2 bridgehead atoms. The van der Waals surface area contributed by atoms with E-state index >= 15 is 0 Å². The molecular weight excluding hydrogens is 540 g/mol. The Bertz CT molecular complexity index is 709. The zero-order chi connectivity index (χ0) is 22.2. The number of carbonyl (C=O) groups is 1. The third-order valence-corrected chi connectivity index (χ3v) is 7.71. The van der Waals surface area contributed by atoms with Crippen molar-refractivity contribution in [2.24, 2.45) is 11.8 Å². The predicted octanol–water partition coefficient (Wildman–Crippen LogP) is 3.71. The second-order valence-electron chi connectivity index (χ2n) is 10.1. The van der Waals surface area contributed by atoms with E-state index in [-0.39, 0.29) is 55.5 Å². The highest BCUT2D eigenvalue weighted by Crippen LogP contribution is 2.31. The molecule has 3 aliphatic rings. The number of fused-ring (bicyclic) bond motifs is 2. The van der Waals surface area contributed by atoms with Crippen LogP contribution in [0.4, 0.5) is 0 Å². The number of nitrogens with one attached hydrogen (secondary N) is 2. The van der Waals surface area contributed by atoms with Crippen LogP contribution in [-0.4, -0.2) is 92.1 Å². The minimum Gasteiger partial charge on any atom is -0.355 e. The molecule has 3 heterocycles. The van der Waals surface area contributed by atoms with E-state index in [2.05, 4.69) is 62.6 Å². The summed E-state index contributed by atoms with van der Waals surface area (Å²) in [5, 5.41) is 6.95. The third kappa shape index (κ3) is 11.2. The van der Waals surface area contributed by atoms with Gasteiger partial charge in [0.05, 0.1) is 0 Å². The SMILES string of the molecule is CCN1CCN(CCNC(=O)CCC[C@H]2NCC3CC2CN(Cc2ccccc2)C3)CC1.Cl.Cl.Cl.Cl. The lowest BCUT2D eigenvalue weighted by atomic mass is 9.79. The van der Waals surface area contributed by atoms with Crippen molar-refractivity contribution in [3.8, 4) is 0 Å². The van der Waals surface area contributed by atoms with Gasteiger partial charge in [-0.3, -0.25) is 14.6 Å². The van der Waals surface area contributed by atoms with Crippen LogP contribution < -0.4 is 10.6 Å². The average molecular weight is 588 g/mol. The van der Waals surface area contributed by atoms with Gasteiger partial charge in [0.25, 0.3) is 0 Å². The first-order valence-electron chi connectivity index (χ1n) is 12.9. The second kappa shape index (κ2) is 18.9. The van der Waals surface area contributed by atoms with Crippen LogP contribution in [-0.2, 0) is 11.3 Å². The van der Waals surface area contributed by atoms with Crippen molar-refractivity contribution >= 4 is 55.5 Å². The van der Waals surface area contributed by atoms with Crippen LogP contribution in [0.1, 0.15) is 38.2 Å². The van der Waals surface area contributed by atoms with Crippen LogP contribution >= 0.6 is 49.6 Å². The summed E-state index contributed by atoms with van der Waals surface area (Å²) in [7, 11) is 0. The molecule has 10 heteroatoms. The molecule has 3 saturated heterocycles. The van der Waals surface area contributed by atoms with Gasteiger partial charge in [-0.25, -0.2) is 0 Å². The summed E-state index contributed by atoms with van der Waals surface area (Å²) in [6.07, 6.45) is 4.10. The van der Waals surface area contributed by atoms with Gasteiger partial charge in [0.15, 0.2) is 0 Å². The quantitative estimate of drug-likeness (QED) is 0.438. The predicted molar refractivity (Wildman–Crippen MR) is 160 cm³/mol. The fourth-order valence-electron chi connectivity index (χ4n) is 5.83. The monoisotopic (exact) mass is 585 g/mol. The minimum atomic E-state index is 0.